The number of carbonyl (C=O) groups is 2. The first-order valence-corrected chi connectivity index (χ1v) is 6.79. The standard InChI is InChI=1S/C15H19N3O3/c1-17(2)12-6-8-18(10-12)15(21)13-5-7-16-9-11(13)3-4-14(19)20/h3-5,7,9,12H,6,8,10H2,1-2H3,(H,19,20). The Morgan fingerprint density at radius 2 is 2.24 bits per heavy atom. The van der Waals surface area contributed by atoms with Crippen molar-refractivity contribution in [3.05, 3.63) is 35.7 Å². The molecule has 1 aliphatic heterocycles. The number of rotatable bonds is 4. The highest BCUT2D eigenvalue weighted by atomic mass is 16.4. The summed E-state index contributed by atoms with van der Waals surface area (Å²) in [5.74, 6) is -1.13. The highest BCUT2D eigenvalue weighted by molar-refractivity contribution is 5.99. The molecule has 0 aromatic carbocycles. The minimum atomic E-state index is -1.05. The lowest BCUT2D eigenvalue weighted by atomic mass is 10.1. The number of aromatic nitrogens is 1. The van der Waals surface area contributed by atoms with Gasteiger partial charge in [0.05, 0.1) is 0 Å². The Kier molecular flexibility index (Phi) is 4.70. The first kappa shape index (κ1) is 15.2. The van der Waals surface area contributed by atoms with Gasteiger partial charge >= 0.3 is 5.97 Å². The first-order chi connectivity index (χ1) is 9.99. The zero-order valence-corrected chi connectivity index (χ0v) is 12.2. The molecular formula is C15H19N3O3. The van der Waals surface area contributed by atoms with Gasteiger partial charge in [-0.3, -0.25) is 9.78 Å². The van der Waals surface area contributed by atoms with Crippen molar-refractivity contribution in [2.75, 3.05) is 27.2 Å². The third-order valence-electron chi connectivity index (χ3n) is 3.67. The number of hydrogen-bond donors (Lipinski definition) is 1. The number of hydrogen-bond acceptors (Lipinski definition) is 4. The highest BCUT2D eigenvalue weighted by Crippen LogP contribution is 2.18. The van der Waals surface area contributed by atoms with Crippen LogP contribution < -0.4 is 0 Å². The van der Waals surface area contributed by atoms with E-state index in [2.05, 4.69) is 9.88 Å². The van der Waals surface area contributed by atoms with Crippen molar-refractivity contribution < 1.29 is 14.7 Å². The largest absolute Gasteiger partial charge is 0.478 e. The van der Waals surface area contributed by atoms with Crippen LogP contribution >= 0.6 is 0 Å². The Hall–Kier alpha value is -2.21. The molecule has 0 aliphatic carbocycles. The third kappa shape index (κ3) is 3.66. The Labute approximate surface area is 123 Å². The maximum atomic E-state index is 12.6. The minimum Gasteiger partial charge on any atom is -0.478 e. The van der Waals surface area contributed by atoms with Crippen LogP contribution in [0.5, 0.6) is 0 Å². The molecule has 1 aliphatic rings. The van der Waals surface area contributed by atoms with Gasteiger partial charge in [0.1, 0.15) is 0 Å². The molecule has 1 N–H and O–H groups in total. The fourth-order valence-corrected chi connectivity index (χ4v) is 2.41. The summed E-state index contributed by atoms with van der Waals surface area (Å²) in [6.45, 7) is 1.41. The van der Waals surface area contributed by atoms with Crippen LogP contribution in [0.15, 0.2) is 24.5 Å². The van der Waals surface area contributed by atoms with Gasteiger partial charge < -0.3 is 14.9 Å². The van der Waals surface area contributed by atoms with Crippen LogP contribution in [0.2, 0.25) is 0 Å². The fourth-order valence-electron chi connectivity index (χ4n) is 2.41. The molecule has 0 radical (unpaired) electrons. The quantitative estimate of drug-likeness (QED) is 0.836. The molecule has 1 atom stereocenters. The molecule has 6 nitrogen and oxygen atoms in total. The zero-order chi connectivity index (χ0) is 15.4. The minimum absolute atomic E-state index is 0.0770. The number of carboxylic acid groups (broad SMARTS) is 1. The van der Waals surface area contributed by atoms with Crippen molar-refractivity contribution in [3.8, 4) is 0 Å². The molecule has 1 fully saturated rings. The Morgan fingerprint density at radius 1 is 1.48 bits per heavy atom. The van der Waals surface area contributed by atoms with E-state index < -0.39 is 5.97 Å². The molecule has 0 saturated carbocycles. The molecule has 1 amide bonds. The monoisotopic (exact) mass is 289 g/mol. The van der Waals surface area contributed by atoms with Crippen LogP contribution in [-0.4, -0.2) is 65.0 Å². The van der Waals surface area contributed by atoms with Crippen LogP contribution in [0.3, 0.4) is 0 Å². The number of likely N-dealkylation sites (tertiary alicyclic amines) is 1. The summed E-state index contributed by atoms with van der Waals surface area (Å²) >= 11 is 0. The van der Waals surface area contributed by atoms with E-state index in [4.69, 9.17) is 5.11 Å². The van der Waals surface area contributed by atoms with Crippen molar-refractivity contribution in [1.29, 1.82) is 0 Å². The molecule has 0 bridgehead atoms. The molecule has 1 aromatic rings. The lowest BCUT2D eigenvalue weighted by molar-refractivity contribution is -0.131. The van der Waals surface area contributed by atoms with E-state index in [0.29, 0.717) is 30.3 Å². The molecular weight excluding hydrogens is 270 g/mol. The molecule has 112 valence electrons. The van der Waals surface area contributed by atoms with Crippen molar-refractivity contribution in [2.45, 2.75) is 12.5 Å². The average molecular weight is 289 g/mol. The predicted molar refractivity (Wildman–Crippen MR) is 78.9 cm³/mol. The molecule has 1 aromatic heterocycles. The maximum Gasteiger partial charge on any atom is 0.328 e. The van der Waals surface area contributed by atoms with E-state index in [1.165, 1.54) is 12.3 Å². The van der Waals surface area contributed by atoms with E-state index in [1.807, 2.05) is 14.1 Å². The molecule has 21 heavy (non-hydrogen) atoms. The Bertz CT molecular complexity index is 569. The molecule has 1 saturated heterocycles. The number of carboxylic acids is 1. The molecule has 2 heterocycles. The van der Waals surface area contributed by atoms with Gasteiger partial charge in [-0.2, -0.15) is 0 Å². The second-order valence-corrected chi connectivity index (χ2v) is 5.29. The second-order valence-electron chi connectivity index (χ2n) is 5.29. The maximum absolute atomic E-state index is 12.6. The third-order valence-corrected chi connectivity index (χ3v) is 3.67. The topological polar surface area (TPSA) is 73.7 Å². The predicted octanol–water partition coefficient (Wildman–Crippen LogP) is 0.955. The molecule has 2 rings (SSSR count). The van der Waals surface area contributed by atoms with Gasteiger partial charge in [-0.1, -0.05) is 0 Å². The van der Waals surface area contributed by atoms with E-state index in [-0.39, 0.29) is 5.91 Å². The smallest absolute Gasteiger partial charge is 0.328 e. The van der Waals surface area contributed by atoms with Gasteiger partial charge in [0, 0.05) is 48.7 Å². The lowest BCUT2D eigenvalue weighted by Crippen LogP contribution is -2.34. The van der Waals surface area contributed by atoms with E-state index >= 15 is 0 Å². The Balaban J connectivity index is 2.18. The van der Waals surface area contributed by atoms with Crippen molar-refractivity contribution >= 4 is 18.0 Å². The van der Waals surface area contributed by atoms with Crippen molar-refractivity contribution in [3.63, 3.8) is 0 Å². The van der Waals surface area contributed by atoms with Crippen LogP contribution in [0, 0.1) is 0 Å². The van der Waals surface area contributed by atoms with Crippen LogP contribution in [0.4, 0.5) is 0 Å². The van der Waals surface area contributed by atoms with Gasteiger partial charge in [-0.25, -0.2) is 4.79 Å². The van der Waals surface area contributed by atoms with Gasteiger partial charge in [0.15, 0.2) is 0 Å². The highest BCUT2D eigenvalue weighted by Gasteiger charge is 2.28. The summed E-state index contributed by atoms with van der Waals surface area (Å²) < 4.78 is 0. The number of carbonyl (C=O) groups excluding carboxylic acids is 1. The van der Waals surface area contributed by atoms with Gasteiger partial charge in [0.25, 0.3) is 5.91 Å². The summed E-state index contributed by atoms with van der Waals surface area (Å²) in [5, 5.41) is 8.70. The lowest BCUT2D eigenvalue weighted by Gasteiger charge is -2.21. The van der Waals surface area contributed by atoms with Gasteiger partial charge in [-0.05, 0) is 32.7 Å². The van der Waals surface area contributed by atoms with Crippen LogP contribution in [0.1, 0.15) is 22.3 Å². The molecule has 0 spiro atoms. The van der Waals surface area contributed by atoms with E-state index in [9.17, 15) is 9.59 Å². The molecule has 6 heteroatoms. The van der Waals surface area contributed by atoms with Crippen molar-refractivity contribution in [2.24, 2.45) is 0 Å². The van der Waals surface area contributed by atoms with Gasteiger partial charge in [0.2, 0.25) is 0 Å². The van der Waals surface area contributed by atoms with Crippen LogP contribution in [-0.2, 0) is 4.79 Å². The summed E-state index contributed by atoms with van der Waals surface area (Å²) in [4.78, 5) is 31.1. The fraction of sp³-hybridized carbons (Fsp3) is 0.400. The average Bonchev–Trinajstić information content (AvgIpc) is 2.94. The summed E-state index contributed by atoms with van der Waals surface area (Å²) in [7, 11) is 4.01. The second kappa shape index (κ2) is 6.49. The number of nitrogens with zero attached hydrogens (tertiary/aromatic N) is 3. The zero-order valence-electron chi connectivity index (χ0n) is 12.2. The number of amides is 1. The van der Waals surface area contributed by atoms with Gasteiger partial charge in [-0.15, -0.1) is 0 Å². The number of likely N-dealkylation sites (N-methyl/N-ethyl adjacent to an activating group) is 1. The number of pyridine rings is 1. The summed E-state index contributed by atoms with van der Waals surface area (Å²) in [5.41, 5.74) is 1.01. The van der Waals surface area contributed by atoms with E-state index in [0.717, 1.165) is 12.5 Å². The van der Waals surface area contributed by atoms with Crippen LogP contribution in [0.25, 0.3) is 6.08 Å². The summed E-state index contributed by atoms with van der Waals surface area (Å²) in [6.07, 6.45) is 6.42. The van der Waals surface area contributed by atoms with Crippen molar-refractivity contribution in [1.82, 2.24) is 14.8 Å². The first-order valence-electron chi connectivity index (χ1n) is 6.79. The normalized spacial score (nSPS) is 18.6. The Morgan fingerprint density at radius 3 is 2.86 bits per heavy atom. The number of aliphatic carboxylic acids is 1. The van der Waals surface area contributed by atoms with E-state index in [1.54, 1.807) is 17.2 Å². The molecule has 1 unspecified atom stereocenters. The SMILES string of the molecule is CN(C)C1CCN(C(=O)c2ccncc2C=CC(=O)O)C1. The summed E-state index contributed by atoms with van der Waals surface area (Å²) in [6, 6.07) is 2.00.